The SMILES string of the molecule is OC[C@@H]1C[C@@H]2OC3(CCCCC3)O[C@H]([C@H]3COC4(CCCCC4)O3)[C@@H]2O1. The number of aliphatic hydroxyl groups is 1. The van der Waals surface area contributed by atoms with Gasteiger partial charge in [0.2, 0.25) is 0 Å². The standard InChI is InChI=1S/C20H32O6/c21-12-14-11-15-17(23-14)18(26-20(24-15)9-5-2-6-10-20)16-13-22-19(25-16)7-3-1-4-8-19/h14-18,21H,1-13H2/t14-,15-,16+,17+,18+/m0/s1. The van der Waals surface area contributed by atoms with Gasteiger partial charge < -0.3 is 28.8 Å². The van der Waals surface area contributed by atoms with Gasteiger partial charge in [-0.3, -0.25) is 0 Å². The molecule has 2 aliphatic carbocycles. The molecule has 3 heterocycles. The van der Waals surface area contributed by atoms with E-state index >= 15 is 0 Å². The Bertz CT molecular complexity index is 499. The Balaban J connectivity index is 1.36. The molecule has 5 rings (SSSR count). The average Bonchev–Trinajstić information content (AvgIpc) is 3.26. The van der Waals surface area contributed by atoms with Crippen molar-refractivity contribution >= 4 is 0 Å². The maximum Gasteiger partial charge on any atom is 0.169 e. The van der Waals surface area contributed by atoms with E-state index < -0.39 is 11.6 Å². The van der Waals surface area contributed by atoms with Crippen molar-refractivity contribution in [3.8, 4) is 0 Å². The molecule has 1 N–H and O–H groups in total. The van der Waals surface area contributed by atoms with Gasteiger partial charge in [0, 0.05) is 32.1 Å². The molecule has 0 aromatic rings. The first-order valence-corrected chi connectivity index (χ1v) is 10.6. The van der Waals surface area contributed by atoms with E-state index in [2.05, 4.69) is 0 Å². The van der Waals surface area contributed by atoms with Crippen LogP contribution in [0.3, 0.4) is 0 Å². The minimum absolute atomic E-state index is 0.0181. The van der Waals surface area contributed by atoms with Crippen LogP contribution in [0.25, 0.3) is 0 Å². The Labute approximate surface area is 155 Å². The molecule has 6 heteroatoms. The summed E-state index contributed by atoms with van der Waals surface area (Å²) in [5, 5.41) is 9.59. The Morgan fingerprint density at radius 2 is 1.38 bits per heavy atom. The molecule has 5 aliphatic rings. The van der Waals surface area contributed by atoms with Crippen LogP contribution in [0.4, 0.5) is 0 Å². The van der Waals surface area contributed by atoms with Crippen LogP contribution in [-0.2, 0) is 23.7 Å². The Morgan fingerprint density at radius 3 is 2.08 bits per heavy atom. The van der Waals surface area contributed by atoms with Crippen molar-refractivity contribution in [3.05, 3.63) is 0 Å². The lowest BCUT2D eigenvalue weighted by Crippen LogP contribution is -2.60. The molecule has 0 unspecified atom stereocenters. The molecule has 2 saturated carbocycles. The molecular weight excluding hydrogens is 336 g/mol. The van der Waals surface area contributed by atoms with Crippen molar-refractivity contribution < 1.29 is 28.8 Å². The fraction of sp³-hybridized carbons (Fsp3) is 1.00. The van der Waals surface area contributed by atoms with Gasteiger partial charge in [0.05, 0.1) is 25.4 Å². The zero-order valence-electron chi connectivity index (χ0n) is 15.6. The summed E-state index contributed by atoms with van der Waals surface area (Å²) in [6.07, 6.45) is 11.1. The summed E-state index contributed by atoms with van der Waals surface area (Å²) >= 11 is 0. The van der Waals surface area contributed by atoms with Crippen molar-refractivity contribution in [1.29, 1.82) is 0 Å². The number of rotatable bonds is 2. The lowest BCUT2D eigenvalue weighted by Gasteiger charge is -2.49. The van der Waals surface area contributed by atoms with Crippen molar-refractivity contribution in [3.63, 3.8) is 0 Å². The molecule has 6 nitrogen and oxygen atoms in total. The fourth-order valence-electron chi connectivity index (χ4n) is 5.61. The number of aliphatic hydroxyl groups excluding tert-OH is 1. The number of fused-ring (bicyclic) bond motifs is 1. The molecule has 26 heavy (non-hydrogen) atoms. The summed E-state index contributed by atoms with van der Waals surface area (Å²) in [5.41, 5.74) is 0. The van der Waals surface area contributed by atoms with Gasteiger partial charge in [-0.05, 0) is 25.7 Å². The third kappa shape index (κ3) is 3.12. The molecule has 2 spiro atoms. The predicted octanol–water partition coefficient (Wildman–Crippen LogP) is 2.66. The van der Waals surface area contributed by atoms with Crippen molar-refractivity contribution in [2.75, 3.05) is 13.2 Å². The van der Waals surface area contributed by atoms with Gasteiger partial charge in [-0.25, -0.2) is 0 Å². The highest BCUT2D eigenvalue weighted by Crippen LogP contribution is 2.47. The zero-order valence-corrected chi connectivity index (χ0v) is 15.6. The Hall–Kier alpha value is -0.240. The fourth-order valence-corrected chi connectivity index (χ4v) is 5.61. The normalized spacial score (nSPS) is 44.4. The largest absolute Gasteiger partial charge is 0.394 e. The van der Waals surface area contributed by atoms with Crippen molar-refractivity contribution in [2.24, 2.45) is 0 Å². The number of hydrogen-bond acceptors (Lipinski definition) is 6. The highest BCUT2D eigenvalue weighted by molar-refractivity contribution is 5.00. The molecule has 0 bridgehead atoms. The van der Waals surface area contributed by atoms with E-state index in [0.717, 1.165) is 44.9 Å². The zero-order chi connectivity index (χ0) is 17.6. The third-order valence-corrected chi connectivity index (χ3v) is 6.93. The summed E-state index contributed by atoms with van der Waals surface area (Å²) in [6, 6.07) is 0. The highest BCUT2D eigenvalue weighted by Gasteiger charge is 2.57. The predicted molar refractivity (Wildman–Crippen MR) is 92.6 cm³/mol. The van der Waals surface area contributed by atoms with E-state index in [1.54, 1.807) is 0 Å². The van der Waals surface area contributed by atoms with Gasteiger partial charge in [-0.15, -0.1) is 0 Å². The molecule has 0 amide bonds. The lowest BCUT2D eigenvalue weighted by atomic mass is 9.90. The van der Waals surface area contributed by atoms with Gasteiger partial charge in [-0.2, -0.15) is 0 Å². The van der Waals surface area contributed by atoms with E-state index in [1.807, 2.05) is 0 Å². The molecule has 0 radical (unpaired) electrons. The van der Waals surface area contributed by atoms with Gasteiger partial charge in [0.15, 0.2) is 11.6 Å². The van der Waals surface area contributed by atoms with Crippen LogP contribution >= 0.6 is 0 Å². The van der Waals surface area contributed by atoms with Crippen LogP contribution in [0, 0.1) is 0 Å². The molecule has 148 valence electrons. The van der Waals surface area contributed by atoms with Crippen molar-refractivity contribution in [1.82, 2.24) is 0 Å². The van der Waals surface area contributed by atoms with E-state index in [4.69, 9.17) is 23.7 Å². The summed E-state index contributed by atoms with van der Waals surface area (Å²) in [4.78, 5) is 0. The van der Waals surface area contributed by atoms with Crippen LogP contribution in [-0.4, -0.2) is 60.4 Å². The average molecular weight is 368 g/mol. The maximum absolute atomic E-state index is 9.59. The van der Waals surface area contributed by atoms with Gasteiger partial charge >= 0.3 is 0 Å². The lowest BCUT2D eigenvalue weighted by molar-refractivity contribution is -0.362. The molecule has 5 atom stereocenters. The molecule has 0 aromatic carbocycles. The Kier molecular flexibility index (Phi) is 4.78. The van der Waals surface area contributed by atoms with Crippen LogP contribution in [0.1, 0.15) is 70.6 Å². The van der Waals surface area contributed by atoms with Crippen LogP contribution < -0.4 is 0 Å². The number of hydrogen-bond donors (Lipinski definition) is 1. The van der Waals surface area contributed by atoms with Crippen molar-refractivity contribution in [2.45, 2.75) is 113 Å². The summed E-state index contributed by atoms with van der Waals surface area (Å²) in [7, 11) is 0. The van der Waals surface area contributed by atoms with Crippen LogP contribution in [0.15, 0.2) is 0 Å². The van der Waals surface area contributed by atoms with E-state index in [9.17, 15) is 5.11 Å². The molecule has 5 fully saturated rings. The molecule has 0 aromatic heterocycles. The quantitative estimate of drug-likeness (QED) is 0.808. The minimum Gasteiger partial charge on any atom is -0.394 e. The van der Waals surface area contributed by atoms with E-state index in [1.165, 1.54) is 25.7 Å². The summed E-state index contributed by atoms with van der Waals surface area (Å²) in [5.74, 6) is -0.905. The Morgan fingerprint density at radius 1 is 0.731 bits per heavy atom. The first kappa shape index (κ1) is 17.8. The first-order chi connectivity index (χ1) is 12.7. The first-order valence-electron chi connectivity index (χ1n) is 10.6. The second-order valence-corrected chi connectivity index (χ2v) is 8.79. The van der Waals surface area contributed by atoms with Crippen LogP contribution in [0.2, 0.25) is 0 Å². The van der Waals surface area contributed by atoms with Crippen LogP contribution in [0.5, 0.6) is 0 Å². The summed E-state index contributed by atoms with van der Waals surface area (Å²) < 4.78 is 31.8. The monoisotopic (exact) mass is 368 g/mol. The smallest absolute Gasteiger partial charge is 0.169 e. The van der Waals surface area contributed by atoms with Gasteiger partial charge in [0.25, 0.3) is 0 Å². The molecular formula is C20H32O6. The third-order valence-electron chi connectivity index (χ3n) is 6.93. The van der Waals surface area contributed by atoms with Gasteiger partial charge in [-0.1, -0.05) is 12.8 Å². The van der Waals surface area contributed by atoms with E-state index in [0.29, 0.717) is 6.61 Å². The second-order valence-electron chi connectivity index (χ2n) is 8.79. The number of ether oxygens (including phenoxy) is 5. The molecule has 3 saturated heterocycles. The van der Waals surface area contributed by atoms with Gasteiger partial charge in [0.1, 0.15) is 18.3 Å². The van der Waals surface area contributed by atoms with E-state index in [-0.39, 0.29) is 37.1 Å². The second kappa shape index (κ2) is 6.98. The maximum atomic E-state index is 9.59. The highest BCUT2D eigenvalue weighted by atomic mass is 16.8. The summed E-state index contributed by atoms with van der Waals surface area (Å²) in [6.45, 7) is 0.596. The topological polar surface area (TPSA) is 66.4 Å². The molecule has 3 aliphatic heterocycles. The minimum atomic E-state index is -0.497.